The topological polar surface area (TPSA) is 108 Å². The third kappa shape index (κ3) is 3.96. The summed E-state index contributed by atoms with van der Waals surface area (Å²) in [5.74, 6) is -2.89. The summed E-state index contributed by atoms with van der Waals surface area (Å²) < 4.78 is 22.3. The number of rotatable bonds is 3. The van der Waals surface area contributed by atoms with Crippen molar-refractivity contribution >= 4 is 23.7 Å². The van der Waals surface area contributed by atoms with E-state index in [2.05, 4.69) is 6.58 Å². The third-order valence-electron chi connectivity index (χ3n) is 5.83. The number of ketones is 1. The van der Waals surface area contributed by atoms with Gasteiger partial charge in [0.2, 0.25) is 0 Å². The molecule has 0 aromatic rings. The van der Waals surface area contributed by atoms with Crippen molar-refractivity contribution in [3.8, 4) is 0 Å². The first-order valence-corrected chi connectivity index (χ1v) is 9.79. The van der Waals surface area contributed by atoms with E-state index in [-0.39, 0.29) is 17.8 Å². The van der Waals surface area contributed by atoms with Crippen molar-refractivity contribution in [2.24, 2.45) is 5.92 Å². The van der Waals surface area contributed by atoms with Crippen molar-refractivity contribution in [2.75, 3.05) is 0 Å². The lowest BCUT2D eigenvalue weighted by molar-refractivity contribution is -0.162. The summed E-state index contributed by atoms with van der Waals surface area (Å²) in [6.07, 6.45) is -0.469. The minimum absolute atomic E-state index is 0.119. The van der Waals surface area contributed by atoms with Gasteiger partial charge < -0.3 is 18.9 Å². The average molecular weight is 418 g/mol. The van der Waals surface area contributed by atoms with Gasteiger partial charge in [-0.25, -0.2) is 9.59 Å². The number of carbonyl (C=O) groups excluding carboxylic acids is 4. The second kappa shape index (κ2) is 7.83. The Morgan fingerprint density at radius 3 is 2.53 bits per heavy atom. The minimum Gasteiger partial charge on any atom is -0.458 e. The molecule has 2 fully saturated rings. The van der Waals surface area contributed by atoms with Gasteiger partial charge in [-0.2, -0.15) is 0 Å². The fourth-order valence-corrected chi connectivity index (χ4v) is 4.01. The van der Waals surface area contributed by atoms with Crippen LogP contribution in [0.15, 0.2) is 35.5 Å². The van der Waals surface area contributed by atoms with Gasteiger partial charge in [-0.05, 0) is 39.3 Å². The number of ether oxygens (including phenoxy) is 4. The van der Waals surface area contributed by atoms with Crippen LogP contribution in [0.25, 0.3) is 0 Å². The van der Waals surface area contributed by atoms with E-state index >= 15 is 0 Å². The van der Waals surface area contributed by atoms with Crippen molar-refractivity contribution in [2.45, 2.75) is 71.1 Å². The molecule has 2 heterocycles. The quantitative estimate of drug-likeness (QED) is 0.296. The maximum Gasteiger partial charge on any atom is 0.334 e. The van der Waals surface area contributed by atoms with Crippen molar-refractivity contribution in [1.29, 1.82) is 0 Å². The summed E-state index contributed by atoms with van der Waals surface area (Å²) in [4.78, 5) is 49.3. The highest BCUT2D eigenvalue weighted by Crippen LogP contribution is 2.47. The van der Waals surface area contributed by atoms with Gasteiger partial charge >= 0.3 is 17.9 Å². The van der Waals surface area contributed by atoms with E-state index in [9.17, 15) is 19.2 Å². The standard InChI is InChI=1S/C22H26O8/c1-7-10(2)20(25)28-15-9-22(6)19(30-22)14(24)8-11(3)17(27-13(5)23)18-16(15)12(4)21(26)29-18/h7-8,15-19H,4,9H2,1-3,5-6H3/b10-7+,11-8-/t15-,16-,17+,18+,19-,22-/m1/s1. The zero-order chi connectivity index (χ0) is 22.4. The molecule has 3 aliphatic rings. The predicted molar refractivity (Wildman–Crippen MR) is 104 cm³/mol. The number of hydrogen-bond donors (Lipinski definition) is 0. The van der Waals surface area contributed by atoms with Crippen molar-refractivity contribution in [3.63, 3.8) is 0 Å². The number of carbonyl (C=O) groups is 4. The van der Waals surface area contributed by atoms with E-state index in [0.717, 1.165) is 0 Å². The molecule has 3 rings (SSSR count). The van der Waals surface area contributed by atoms with Crippen LogP contribution in [-0.2, 0) is 38.1 Å². The summed E-state index contributed by atoms with van der Waals surface area (Å²) in [5.41, 5.74) is 0.0604. The lowest BCUT2D eigenvalue weighted by atomic mass is 9.80. The lowest BCUT2D eigenvalue weighted by Gasteiger charge is -2.33. The Kier molecular flexibility index (Phi) is 5.73. The molecule has 0 saturated carbocycles. The van der Waals surface area contributed by atoms with Crippen LogP contribution < -0.4 is 0 Å². The van der Waals surface area contributed by atoms with Crippen LogP contribution in [0.4, 0.5) is 0 Å². The fraction of sp³-hybridized carbons (Fsp3) is 0.545. The monoisotopic (exact) mass is 418 g/mol. The van der Waals surface area contributed by atoms with Crippen LogP contribution in [0.1, 0.15) is 41.0 Å². The summed E-state index contributed by atoms with van der Waals surface area (Å²) in [6, 6.07) is 0. The second-order valence-electron chi connectivity index (χ2n) is 8.17. The molecule has 0 amide bonds. The Morgan fingerprint density at radius 1 is 1.27 bits per heavy atom. The van der Waals surface area contributed by atoms with Gasteiger partial charge in [0, 0.05) is 24.5 Å². The molecule has 0 aromatic heterocycles. The largest absolute Gasteiger partial charge is 0.458 e. The SMILES string of the molecule is C=C1C(=O)O[C@H]2[C@H]1[C@H](OC(=O)/C(C)=C/C)C[C@@]1(C)O[C@@H]1C(=O)/C=C(/C)[C@@H]2OC(C)=O. The smallest absolute Gasteiger partial charge is 0.334 e. The normalized spacial score (nSPS) is 37.9. The molecule has 0 spiro atoms. The highest BCUT2D eigenvalue weighted by Gasteiger charge is 2.61. The fourth-order valence-electron chi connectivity index (χ4n) is 4.01. The highest BCUT2D eigenvalue weighted by atomic mass is 16.6. The van der Waals surface area contributed by atoms with E-state index in [0.29, 0.717) is 11.1 Å². The molecule has 0 N–H and O–H groups in total. The Hall–Kier alpha value is -2.74. The molecule has 30 heavy (non-hydrogen) atoms. The van der Waals surface area contributed by atoms with Gasteiger partial charge in [-0.15, -0.1) is 0 Å². The molecule has 8 nitrogen and oxygen atoms in total. The number of epoxide rings is 1. The van der Waals surface area contributed by atoms with Crippen molar-refractivity contribution in [1.82, 2.24) is 0 Å². The molecule has 0 aromatic carbocycles. The maximum absolute atomic E-state index is 12.6. The molecular formula is C22H26O8. The van der Waals surface area contributed by atoms with Gasteiger partial charge in [-0.1, -0.05) is 12.7 Å². The molecule has 162 valence electrons. The number of esters is 3. The van der Waals surface area contributed by atoms with Crippen LogP contribution in [0.2, 0.25) is 0 Å². The van der Waals surface area contributed by atoms with Crippen LogP contribution in [0.3, 0.4) is 0 Å². The third-order valence-corrected chi connectivity index (χ3v) is 5.83. The second-order valence-corrected chi connectivity index (χ2v) is 8.17. The van der Waals surface area contributed by atoms with E-state index in [1.54, 1.807) is 33.8 Å². The van der Waals surface area contributed by atoms with Gasteiger partial charge in [0.05, 0.1) is 5.92 Å². The van der Waals surface area contributed by atoms with Crippen LogP contribution in [0, 0.1) is 5.92 Å². The molecule has 0 radical (unpaired) electrons. The Balaban J connectivity index is 2.09. The van der Waals surface area contributed by atoms with Gasteiger partial charge in [0.25, 0.3) is 0 Å². The van der Waals surface area contributed by atoms with Crippen molar-refractivity contribution < 1.29 is 38.1 Å². The molecule has 2 aliphatic heterocycles. The molecule has 1 aliphatic carbocycles. The van der Waals surface area contributed by atoms with E-state index in [1.807, 2.05) is 0 Å². The molecule has 8 heteroatoms. The lowest BCUT2D eigenvalue weighted by Crippen LogP contribution is -2.44. The molecular weight excluding hydrogens is 392 g/mol. The summed E-state index contributed by atoms with van der Waals surface area (Å²) in [7, 11) is 0. The number of allylic oxidation sites excluding steroid dienone is 1. The summed E-state index contributed by atoms with van der Waals surface area (Å²) in [6.45, 7) is 11.7. The zero-order valence-electron chi connectivity index (χ0n) is 17.7. The van der Waals surface area contributed by atoms with Gasteiger partial charge in [0.15, 0.2) is 18.0 Å². The van der Waals surface area contributed by atoms with E-state index in [4.69, 9.17) is 18.9 Å². The minimum atomic E-state index is -1.02. The summed E-state index contributed by atoms with van der Waals surface area (Å²) in [5, 5.41) is 0. The first-order chi connectivity index (χ1) is 14.0. The molecule has 0 unspecified atom stereocenters. The first-order valence-electron chi connectivity index (χ1n) is 9.79. The van der Waals surface area contributed by atoms with Gasteiger partial charge in [-0.3, -0.25) is 9.59 Å². The van der Waals surface area contributed by atoms with E-state index in [1.165, 1.54) is 13.0 Å². The maximum atomic E-state index is 12.6. The molecule has 6 atom stereocenters. The average Bonchev–Trinajstić information content (AvgIpc) is 3.25. The van der Waals surface area contributed by atoms with Crippen LogP contribution in [0.5, 0.6) is 0 Å². The molecule has 2 saturated heterocycles. The molecule has 0 bridgehead atoms. The first kappa shape index (κ1) is 22.0. The predicted octanol–water partition coefficient (Wildman–Crippen LogP) is 1.97. The van der Waals surface area contributed by atoms with Crippen molar-refractivity contribution in [3.05, 3.63) is 35.5 Å². The number of hydrogen-bond acceptors (Lipinski definition) is 8. The zero-order valence-corrected chi connectivity index (χ0v) is 17.7. The van der Waals surface area contributed by atoms with E-state index < -0.39 is 53.8 Å². The summed E-state index contributed by atoms with van der Waals surface area (Å²) >= 11 is 0. The van der Waals surface area contributed by atoms with Gasteiger partial charge in [0.1, 0.15) is 17.8 Å². The Morgan fingerprint density at radius 2 is 1.93 bits per heavy atom. The Bertz CT molecular complexity index is 882. The Labute approximate surface area is 174 Å². The van der Waals surface area contributed by atoms with Crippen LogP contribution >= 0.6 is 0 Å². The highest BCUT2D eigenvalue weighted by molar-refractivity contribution is 5.97. The number of fused-ring (bicyclic) bond motifs is 2. The van der Waals surface area contributed by atoms with Crippen LogP contribution in [-0.4, -0.2) is 53.7 Å².